The largest absolute Gasteiger partial charge is 0.329 e. The van der Waals surface area contributed by atoms with Gasteiger partial charge in [-0.15, -0.1) is 5.10 Å². The van der Waals surface area contributed by atoms with E-state index >= 15 is 0 Å². The number of amides is 1. The highest BCUT2D eigenvalue weighted by Crippen LogP contribution is 2.39. The minimum absolute atomic E-state index is 0.343. The predicted molar refractivity (Wildman–Crippen MR) is 105 cm³/mol. The molecule has 0 radical (unpaired) electrons. The fourth-order valence-corrected chi connectivity index (χ4v) is 3.72. The maximum atomic E-state index is 13.1. The lowest BCUT2D eigenvalue weighted by atomic mass is 10.1. The molecular weight excluding hydrogens is 404 g/mol. The summed E-state index contributed by atoms with van der Waals surface area (Å²) < 4.78 is 27.9. The maximum absolute atomic E-state index is 13.1. The van der Waals surface area contributed by atoms with E-state index in [1.54, 1.807) is 24.3 Å². The van der Waals surface area contributed by atoms with E-state index in [2.05, 4.69) is 14.9 Å². The van der Waals surface area contributed by atoms with Crippen LogP contribution in [0.4, 0.5) is 10.1 Å². The van der Waals surface area contributed by atoms with Gasteiger partial charge in [0.15, 0.2) is 0 Å². The van der Waals surface area contributed by atoms with Crippen molar-refractivity contribution in [1.29, 1.82) is 0 Å². The van der Waals surface area contributed by atoms with Gasteiger partial charge in [0.05, 0.1) is 11.0 Å². The summed E-state index contributed by atoms with van der Waals surface area (Å²) in [5.74, 6) is -0.745. The van der Waals surface area contributed by atoms with Crippen LogP contribution in [0, 0.1) is 5.82 Å². The molecule has 28 heavy (non-hydrogen) atoms. The molecule has 0 aliphatic carbocycles. The van der Waals surface area contributed by atoms with Crippen molar-refractivity contribution in [1.82, 2.24) is 9.59 Å². The molecule has 0 unspecified atom stereocenters. The average Bonchev–Trinajstić information content (AvgIpc) is 3.10. The Morgan fingerprint density at radius 1 is 1.14 bits per heavy atom. The molecule has 0 aliphatic heterocycles. The molecule has 144 valence electrons. The quantitative estimate of drug-likeness (QED) is 0.415. The van der Waals surface area contributed by atoms with Gasteiger partial charge in [-0.1, -0.05) is 28.8 Å². The van der Waals surface area contributed by atoms with Gasteiger partial charge in [-0.2, -0.15) is 0 Å². The zero-order valence-corrected chi connectivity index (χ0v) is 16.0. The Kier molecular flexibility index (Phi) is 6.11. The van der Waals surface area contributed by atoms with Gasteiger partial charge in [-0.25, -0.2) is 4.39 Å². The van der Waals surface area contributed by atoms with E-state index in [9.17, 15) is 13.8 Å². The van der Waals surface area contributed by atoms with Gasteiger partial charge in [-0.3, -0.25) is 9.36 Å². The Hall–Kier alpha value is -2.71. The Morgan fingerprint density at radius 2 is 1.82 bits per heavy atom. The monoisotopic (exact) mass is 419 g/mol. The van der Waals surface area contributed by atoms with Gasteiger partial charge in [0.1, 0.15) is 11.5 Å². The van der Waals surface area contributed by atoms with Gasteiger partial charge in [0.2, 0.25) is 5.91 Å². The number of hydrogen-bond donors (Lipinski definition) is 3. The number of halogens is 1. The van der Waals surface area contributed by atoms with Gasteiger partial charge in [0.25, 0.3) is 0 Å². The summed E-state index contributed by atoms with van der Waals surface area (Å²) in [6.45, 7) is 0. The fourth-order valence-electron chi connectivity index (χ4n) is 2.38. The highest BCUT2D eigenvalue weighted by molar-refractivity contribution is 7.50. The Morgan fingerprint density at radius 3 is 2.46 bits per heavy atom. The fraction of sp³-hybridized carbons (Fsp3) is 0.0556. The van der Waals surface area contributed by atoms with Gasteiger partial charge in [-0.05, 0) is 53.0 Å². The summed E-state index contributed by atoms with van der Waals surface area (Å²) in [6, 6.07) is 12.1. The number of anilines is 1. The van der Waals surface area contributed by atoms with Crippen LogP contribution in [0.25, 0.3) is 16.5 Å². The molecule has 0 saturated heterocycles. The molecular formula is C18H15FN3O4PS. The molecule has 0 bridgehead atoms. The van der Waals surface area contributed by atoms with E-state index in [0.29, 0.717) is 21.8 Å². The molecule has 0 atom stereocenters. The molecule has 3 N–H and O–H groups in total. The second-order valence-corrected chi connectivity index (χ2v) is 8.24. The van der Waals surface area contributed by atoms with E-state index in [0.717, 1.165) is 17.1 Å². The first-order valence-corrected chi connectivity index (χ1v) is 10.6. The summed E-state index contributed by atoms with van der Waals surface area (Å²) in [4.78, 5) is 30.7. The second-order valence-electron chi connectivity index (χ2n) is 5.84. The molecule has 1 heterocycles. The van der Waals surface area contributed by atoms with Gasteiger partial charge >= 0.3 is 7.60 Å². The zero-order valence-electron chi connectivity index (χ0n) is 14.3. The first-order valence-electron chi connectivity index (χ1n) is 8.01. The molecule has 1 amide bonds. The highest BCUT2D eigenvalue weighted by atomic mass is 32.1. The topological polar surface area (TPSA) is 112 Å². The molecule has 0 fully saturated rings. The molecule has 7 nitrogen and oxygen atoms in total. The predicted octanol–water partition coefficient (Wildman–Crippen LogP) is 3.67. The van der Waals surface area contributed by atoms with Crippen molar-refractivity contribution in [2.75, 3.05) is 5.32 Å². The van der Waals surface area contributed by atoms with Crippen LogP contribution in [0.1, 0.15) is 11.3 Å². The van der Waals surface area contributed by atoms with Gasteiger partial charge < -0.3 is 15.1 Å². The Labute approximate surface area is 163 Å². The third kappa shape index (κ3) is 5.64. The minimum atomic E-state index is -4.13. The summed E-state index contributed by atoms with van der Waals surface area (Å²) in [6.07, 6.45) is 2.46. The first kappa shape index (κ1) is 20.0. The van der Waals surface area contributed by atoms with Crippen LogP contribution in [0.3, 0.4) is 0 Å². The molecule has 0 saturated carbocycles. The maximum Gasteiger partial charge on any atom is 0.329 e. The lowest BCUT2D eigenvalue weighted by Crippen LogP contribution is -2.07. The van der Waals surface area contributed by atoms with E-state index in [1.807, 2.05) is 0 Å². The van der Waals surface area contributed by atoms with Crippen LogP contribution >= 0.6 is 19.1 Å². The summed E-state index contributed by atoms with van der Waals surface area (Å²) in [5, 5.41) is 6.62. The molecule has 10 heteroatoms. The summed E-state index contributed by atoms with van der Waals surface area (Å²) in [5.41, 5.74) is 2.19. The molecule has 3 rings (SSSR count). The average molecular weight is 419 g/mol. The van der Waals surface area contributed by atoms with Crippen molar-refractivity contribution >= 4 is 36.8 Å². The van der Waals surface area contributed by atoms with Crippen molar-refractivity contribution in [3.63, 3.8) is 0 Å². The molecule has 0 aliphatic rings. The van der Waals surface area contributed by atoms with Crippen LogP contribution in [0.15, 0.2) is 54.6 Å². The van der Waals surface area contributed by atoms with Crippen LogP contribution in [-0.2, 0) is 15.5 Å². The van der Waals surface area contributed by atoms with E-state index < -0.39 is 13.5 Å². The molecule has 0 spiro atoms. The number of carbonyl (C=O) groups is 1. The molecule has 1 aromatic heterocycles. The molecule has 3 aromatic rings. The smallest absolute Gasteiger partial charge is 0.324 e. The van der Waals surface area contributed by atoms with Crippen LogP contribution in [-0.4, -0.2) is 25.3 Å². The zero-order chi connectivity index (χ0) is 20.1. The van der Waals surface area contributed by atoms with Crippen LogP contribution < -0.4 is 5.32 Å². The van der Waals surface area contributed by atoms with Crippen molar-refractivity contribution in [2.24, 2.45) is 0 Å². The number of rotatable bonds is 6. The third-order valence-electron chi connectivity index (χ3n) is 3.62. The van der Waals surface area contributed by atoms with Crippen LogP contribution in [0.5, 0.6) is 0 Å². The number of nitrogens with one attached hydrogen (secondary N) is 1. The second kappa shape index (κ2) is 8.53. The van der Waals surface area contributed by atoms with Crippen molar-refractivity contribution in [2.45, 2.75) is 6.16 Å². The standard InChI is InChI=1S/C18H15FN3O4PS/c19-14-5-3-13(4-6-14)18-16(21-22-28-18)9-10-17(23)20-15-7-1-12(2-8-15)11-27(24,25)26/h1-10H,11H2,(H,20,23)(H2,24,25,26). The number of hydrogen-bond acceptors (Lipinski definition) is 5. The van der Waals surface area contributed by atoms with Crippen molar-refractivity contribution in [3.8, 4) is 10.4 Å². The van der Waals surface area contributed by atoms with Gasteiger partial charge in [0, 0.05) is 11.8 Å². The lowest BCUT2D eigenvalue weighted by molar-refractivity contribution is -0.111. The normalized spacial score (nSPS) is 11.7. The van der Waals surface area contributed by atoms with Crippen molar-refractivity contribution < 1.29 is 23.5 Å². The number of aromatic nitrogens is 2. The minimum Gasteiger partial charge on any atom is -0.324 e. The third-order valence-corrected chi connectivity index (χ3v) is 5.19. The number of nitrogens with zero attached hydrogens (tertiary/aromatic N) is 2. The highest BCUT2D eigenvalue weighted by Gasteiger charge is 2.13. The van der Waals surface area contributed by atoms with E-state index in [4.69, 9.17) is 9.79 Å². The van der Waals surface area contributed by atoms with Crippen molar-refractivity contribution in [3.05, 3.63) is 71.7 Å². The molecule has 2 aromatic carbocycles. The number of carbonyl (C=O) groups excluding carboxylic acids is 1. The summed E-state index contributed by atoms with van der Waals surface area (Å²) in [7, 11) is -4.13. The van der Waals surface area contributed by atoms with E-state index in [1.165, 1.54) is 36.4 Å². The SMILES string of the molecule is O=C(C=Cc1nnsc1-c1ccc(F)cc1)Nc1ccc(CP(=O)(O)O)cc1. The Balaban J connectivity index is 1.66. The van der Waals surface area contributed by atoms with Crippen LogP contribution in [0.2, 0.25) is 0 Å². The number of benzene rings is 2. The summed E-state index contributed by atoms with van der Waals surface area (Å²) >= 11 is 1.14. The Bertz CT molecular complexity index is 1050. The first-order chi connectivity index (χ1) is 13.3. The van der Waals surface area contributed by atoms with E-state index in [-0.39, 0.29) is 12.0 Å². The lowest BCUT2D eigenvalue weighted by Gasteiger charge is -2.06.